The van der Waals surface area contributed by atoms with Crippen molar-refractivity contribution in [2.24, 2.45) is 0 Å². The minimum Gasteiger partial charge on any atom is -0.147 e. The van der Waals surface area contributed by atoms with Gasteiger partial charge in [-0.25, -0.2) is 0 Å². The average Bonchev–Trinajstić information content (AvgIpc) is 2.31. The fourth-order valence-corrected chi connectivity index (χ4v) is 2.17. The third-order valence-corrected chi connectivity index (χ3v) is 3.01. The van der Waals surface area contributed by atoms with Crippen LogP contribution in [0.5, 0.6) is 0 Å². The molecule has 3 heteroatoms. The quantitative estimate of drug-likeness (QED) is 0.662. The van der Waals surface area contributed by atoms with Gasteiger partial charge in [0.2, 0.25) is 0 Å². The molecule has 0 aromatic carbocycles. The Hall–Kier alpha value is 0.930. The summed E-state index contributed by atoms with van der Waals surface area (Å²) < 4.78 is 1.66. The van der Waals surface area contributed by atoms with E-state index in [4.69, 9.17) is 0 Å². The van der Waals surface area contributed by atoms with Crippen LogP contribution >= 0.6 is 24.8 Å². The van der Waals surface area contributed by atoms with E-state index in [1.54, 1.807) is 8.90 Å². The van der Waals surface area contributed by atoms with Crippen LogP contribution in [0.2, 0.25) is 0 Å². The standard InChI is InChI=1S/C9H13.2ClH.Hf/c1-2-3-6-9-7-4-5-8-9;;;/h7-8H,2-4,6H2,1H3;2*1H;. The molecule has 0 nitrogen and oxygen atoms in total. The molecule has 0 unspecified atom stereocenters. The van der Waals surface area contributed by atoms with E-state index < -0.39 is 0 Å². The predicted octanol–water partition coefficient (Wildman–Crippen LogP) is 3.78. The van der Waals surface area contributed by atoms with Crippen molar-refractivity contribution in [2.45, 2.75) is 32.6 Å². The third kappa shape index (κ3) is 5.55. The van der Waals surface area contributed by atoms with Gasteiger partial charge in [-0.15, -0.1) is 24.8 Å². The van der Waals surface area contributed by atoms with Crippen molar-refractivity contribution in [3.8, 4) is 0 Å². The number of allylic oxidation sites excluding steroid dienone is 4. The van der Waals surface area contributed by atoms with Gasteiger partial charge in [0.15, 0.2) is 0 Å². The van der Waals surface area contributed by atoms with Crippen molar-refractivity contribution in [2.75, 3.05) is 0 Å². The van der Waals surface area contributed by atoms with E-state index in [1.807, 2.05) is 0 Å². The van der Waals surface area contributed by atoms with E-state index >= 15 is 0 Å². The van der Waals surface area contributed by atoms with E-state index in [1.165, 1.54) is 50.1 Å². The molecular weight excluding hydrogens is 357 g/mol. The third-order valence-electron chi connectivity index (χ3n) is 1.76. The molecule has 0 N–H and O–H groups in total. The number of rotatable bonds is 3. The number of halogens is 2. The van der Waals surface area contributed by atoms with Gasteiger partial charge in [-0.3, -0.25) is 0 Å². The monoisotopic (exact) mass is 373 g/mol. The Morgan fingerprint density at radius 1 is 1.42 bits per heavy atom. The zero-order chi connectivity index (χ0) is 7.40. The fraction of sp³-hybridized carbons (Fsp3) is 0.556. The molecule has 1 aliphatic rings. The number of hydrogen-bond donors (Lipinski definition) is 0. The van der Waals surface area contributed by atoms with Crippen molar-refractivity contribution in [3.05, 3.63) is 21.1 Å². The number of hydrogen-bond acceptors (Lipinski definition) is 0. The molecule has 0 radical (unpaired) electrons. The van der Waals surface area contributed by atoms with Crippen molar-refractivity contribution in [1.29, 1.82) is 0 Å². The van der Waals surface area contributed by atoms with Crippen molar-refractivity contribution in [3.63, 3.8) is 0 Å². The van der Waals surface area contributed by atoms with Gasteiger partial charge < -0.3 is 0 Å². The first-order valence-corrected chi connectivity index (χ1v) is 5.73. The van der Waals surface area contributed by atoms with Gasteiger partial charge in [-0.1, -0.05) is 0 Å². The molecule has 0 amide bonds. The number of unbranched alkanes of at least 4 members (excludes halogenated alkanes) is 1. The Bertz CT molecular complexity index is 173. The fourth-order valence-electron chi connectivity index (χ4n) is 1.14. The summed E-state index contributed by atoms with van der Waals surface area (Å²) in [5.41, 5.74) is 1.59. The average molecular weight is 373 g/mol. The maximum Gasteiger partial charge on any atom is -0.147 e. The van der Waals surface area contributed by atoms with Crippen molar-refractivity contribution in [1.82, 2.24) is 0 Å². The summed E-state index contributed by atoms with van der Waals surface area (Å²) in [6.45, 7) is 2.25. The second kappa shape index (κ2) is 8.52. The summed E-state index contributed by atoms with van der Waals surface area (Å²) in [4.78, 5) is 0. The first-order chi connectivity index (χ1) is 4.83. The van der Waals surface area contributed by atoms with E-state index in [0.29, 0.717) is 0 Å². The Morgan fingerprint density at radius 2 is 2.08 bits per heavy atom. The summed E-state index contributed by atoms with van der Waals surface area (Å²) in [6.07, 6.45) is 10.0. The molecule has 0 fully saturated rings. The normalized spacial score (nSPS) is 14.0. The minimum absolute atomic E-state index is 0. The summed E-state index contributed by atoms with van der Waals surface area (Å²) in [5, 5.41) is 0. The molecule has 0 saturated heterocycles. The Morgan fingerprint density at radius 3 is 2.50 bits per heavy atom. The first kappa shape index (κ1) is 15.4. The van der Waals surface area contributed by atoms with Gasteiger partial charge >= 0.3 is 78.0 Å². The maximum absolute atomic E-state index is 2.39. The molecule has 0 heterocycles. The van der Waals surface area contributed by atoms with Crippen LogP contribution in [0.25, 0.3) is 0 Å². The Balaban J connectivity index is 0. The zero-order valence-electron chi connectivity index (χ0n) is 7.30. The first-order valence-electron chi connectivity index (χ1n) is 3.94. The molecular formula is C9H15Cl2Hf. The van der Waals surface area contributed by atoms with Crippen molar-refractivity contribution < 1.29 is 24.4 Å². The van der Waals surface area contributed by atoms with Crippen LogP contribution in [-0.4, -0.2) is 0 Å². The summed E-state index contributed by atoms with van der Waals surface area (Å²) in [6, 6.07) is 0. The van der Waals surface area contributed by atoms with Gasteiger partial charge in [-0.2, -0.15) is 0 Å². The Kier molecular flexibility index (Phi) is 10.9. The second-order valence-corrected chi connectivity index (χ2v) is 5.06. The molecule has 1 rings (SSSR count). The van der Waals surface area contributed by atoms with Crippen molar-refractivity contribution >= 4 is 24.8 Å². The Labute approximate surface area is 102 Å². The van der Waals surface area contributed by atoms with Gasteiger partial charge in [0.05, 0.1) is 0 Å². The van der Waals surface area contributed by atoms with Crippen LogP contribution in [0.15, 0.2) is 21.1 Å². The SMILES string of the molecule is CCCCC1=CC[C]([Hf])=C1.Cl.Cl. The summed E-state index contributed by atoms with van der Waals surface area (Å²) >= 11 is 1.26. The molecule has 0 saturated carbocycles. The van der Waals surface area contributed by atoms with Crippen LogP contribution in [0.1, 0.15) is 32.6 Å². The van der Waals surface area contributed by atoms with E-state index in [2.05, 4.69) is 19.1 Å². The van der Waals surface area contributed by atoms with Crippen LogP contribution in [0, 0.1) is 0 Å². The molecule has 0 spiro atoms. The molecule has 0 atom stereocenters. The van der Waals surface area contributed by atoms with Crippen LogP contribution in [0.4, 0.5) is 0 Å². The van der Waals surface area contributed by atoms with E-state index in [-0.39, 0.29) is 24.8 Å². The molecule has 0 bridgehead atoms. The largest absolute Gasteiger partial charge is 0.147 e. The van der Waals surface area contributed by atoms with Crippen LogP contribution < -0.4 is 0 Å². The van der Waals surface area contributed by atoms with Gasteiger partial charge in [-0.05, 0) is 0 Å². The van der Waals surface area contributed by atoms with Gasteiger partial charge in [0, 0.05) is 0 Å². The molecule has 0 aromatic heterocycles. The summed E-state index contributed by atoms with van der Waals surface area (Å²) in [5.74, 6) is 0. The topological polar surface area (TPSA) is 0 Å². The smallest absolute Gasteiger partial charge is 0.147 e. The molecule has 69 valence electrons. The van der Waals surface area contributed by atoms with E-state index in [9.17, 15) is 0 Å². The maximum atomic E-state index is 2.39. The van der Waals surface area contributed by atoms with Crippen LogP contribution in [0.3, 0.4) is 0 Å². The molecule has 0 aliphatic heterocycles. The molecule has 0 aromatic rings. The summed E-state index contributed by atoms with van der Waals surface area (Å²) in [7, 11) is 0. The van der Waals surface area contributed by atoms with Gasteiger partial charge in [0.25, 0.3) is 0 Å². The predicted molar refractivity (Wildman–Crippen MR) is 54.8 cm³/mol. The molecule has 12 heavy (non-hydrogen) atoms. The molecule has 1 aliphatic carbocycles. The zero-order valence-corrected chi connectivity index (χ0v) is 12.5. The second-order valence-electron chi connectivity index (χ2n) is 2.76. The van der Waals surface area contributed by atoms with Gasteiger partial charge in [0.1, 0.15) is 0 Å². The van der Waals surface area contributed by atoms with Crippen LogP contribution in [-0.2, 0) is 24.4 Å². The van der Waals surface area contributed by atoms with E-state index in [0.717, 1.165) is 0 Å². The minimum atomic E-state index is 0.